The Kier molecular flexibility index (Phi) is 4.46. The van der Waals surface area contributed by atoms with Gasteiger partial charge in [0.2, 0.25) is 5.91 Å². The van der Waals surface area contributed by atoms with Gasteiger partial charge in [-0.2, -0.15) is 0 Å². The molecule has 0 aliphatic rings. The van der Waals surface area contributed by atoms with Crippen molar-refractivity contribution in [2.24, 2.45) is 0 Å². The van der Waals surface area contributed by atoms with Crippen LogP contribution in [0.3, 0.4) is 0 Å². The lowest BCUT2D eigenvalue weighted by atomic mass is 9.83. The predicted octanol–water partition coefficient (Wildman–Crippen LogP) is 4.47. The molecule has 0 bridgehead atoms. The lowest BCUT2D eigenvalue weighted by molar-refractivity contribution is -0.120. The molecule has 0 saturated carbocycles. The Labute approximate surface area is 127 Å². The van der Waals surface area contributed by atoms with E-state index in [2.05, 4.69) is 18.3 Å². The number of nitrogens with one attached hydrogen (secondary N) is 1. The zero-order valence-corrected chi connectivity index (χ0v) is 13.2. The van der Waals surface area contributed by atoms with Gasteiger partial charge in [0.1, 0.15) is 0 Å². The standard InChI is InChI=1S/C19H23NO/c1-5-15-8-6-7-9-17(15)20-18(21)19(3,4)16-12-10-14(2)11-13-16/h6-13H,5H2,1-4H3,(H,20,21). The Hall–Kier alpha value is -2.09. The van der Waals surface area contributed by atoms with Crippen molar-refractivity contribution < 1.29 is 4.79 Å². The molecule has 0 saturated heterocycles. The van der Waals surface area contributed by atoms with E-state index in [0.717, 1.165) is 23.2 Å². The van der Waals surface area contributed by atoms with E-state index < -0.39 is 5.41 Å². The van der Waals surface area contributed by atoms with Crippen molar-refractivity contribution in [3.63, 3.8) is 0 Å². The Morgan fingerprint density at radius 1 is 1.05 bits per heavy atom. The molecule has 2 nitrogen and oxygen atoms in total. The molecule has 110 valence electrons. The summed E-state index contributed by atoms with van der Waals surface area (Å²) in [6, 6.07) is 16.1. The lowest BCUT2D eigenvalue weighted by Crippen LogP contribution is -2.35. The fourth-order valence-electron chi connectivity index (χ4n) is 2.33. The molecule has 0 aliphatic heterocycles. The SMILES string of the molecule is CCc1ccccc1NC(=O)C(C)(C)c1ccc(C)cc1. The maximum Gasteiger partial charge on any atom is 0.234 e. The zero-order valence-electron chi connectivity index (χ0n) is 13.2. The smallest absolute Gasteiger partial charge is 0.234 e. The van der Waals surface area contributed by atoms with Crippen LogP contribution in [0.5, 0.6) is 0 Å². The molecule has 21 heavy (non-hydrogen) atoms. The number of amides is 1. The molecule has 1 amide bonds. The fraction of sp³-hybridized carbons (Fsp3) is 0.316. The quantitative estimate of drug-likeness (QED) is 0.880. The first-order valence-corrected chi connectivity index (χ1v) is 7.41. The van der Waals surface area contributed by atoms with Crippen LogP contribution in [-0.4, -0.2) is 5.91 Å². The summed E-state index contributed by atoms with van der Waals surface area (Å²) >= 11 is 0. The first kappa shape index (κ1) is 15.3. The summed E-state index contributed by atoms with van der Waals surface area (Å²) in [7, 11) is 0. The summed E-state index contributed by atoms with van der Waals surface area (Å²) in [4.78, 5) is 12.7. The highest BCUT2D eigenvalue weighted by molar-refractivity contribution is 5.99. The minimum absolute atomic E-state index is 0.0206. The van der Waals surface area contributed by atoms with Gasteiger partial charge in [0.05, 0.1) is 5.41 Å². The van der Waals surface area contributed by atoms with Crippen LogP contribution >= 0.6 is 0 Å². The summed E-state index contributed by atoms with van der Waals surface area (Å²) in [5, 5.41) is 3.08. The molecule has 2 aromatic carbocycles. The van der Waals surface area contributed by atoms with Crippen molar-refractivity contribution in [1.29, 1.82) is 0 Å². The third-order valence-electron chi connectivity index (χ3n) is 3.99. The van der Waals surface area contributed by atoms with Gasteiger partial charge in [-0.15, -0.1) is 0 Å². The van der Waals surface area contributed by atoms with E-state index in [4.69, 9.17) is 0 Å². The number of anilines is 1. The number of carbonyl (C=O) groups is 1. The lowest BCUT2D eigenvalue weighted by Gasteiger charge is -2.25. The largest absolute Gasteiger partial charge is 0.325 e. The third-order valence-corrected chi connectivity index (χ3v) is 3.99. The second-order valence-corrected chi connectivity index (χ2v) is 5.96. The summed E-state index contributed by atoms with van der Waals surface area (Å²) in [5.41, 5.74) is 3.73. The van der Waals surface area contributed by atoms with Gasteiger partial charge in [-0.25, -0.2) is 0 Å². The van der Waals surface area contributed by atoms with Gasteiger partial charge >= 0.3 is 0 Å². The van der Waals surface area contributed by atoms with Crippen LogP contribution in [0.2, 0.25) is 0 Å². The zero-order chi connectivity index (χ0) is 15.5. The van der Waals surface area contributed by atoms with Crippen molar-refractivity contribution in [2.45, 2.75) is 39.5 Å². The number of benzene rings is 2. The average molecular weight is 281 g/mol. The first-order chi connectivity index (χ1) is 9.95. The third kappa shape index (κ3) is 3.33. The molecular weight excluding hydrogens is 258 g/mol. The number of hydrogen-bond acceptors (Lipinski definition) is 1. The van der Waals surface area contributed by atoms with E-state index in [1.807, 2.05) is 63.2 Å². The van der Waals surface area contributed by atoms with Gasteiger partial charge in [0, 0.05) is 5.69 Å². The number of aryl methyl sites for hydroxylation is 2. The Morgan fingerprint density at radius 2 is 1.67 bits per heavy atom. The van der Waals surface area contributed by atoms with Crippen molar-refractivity contribution in [3.8, 4) is 0 Å². The molecule has 0 spiro atoms. The van der Waals surface area contributed by atoms with Crippen molar-refractivity contribution in [3.05, 3.63) is 65.2 Å². The van der Waals surface area contributed by atoms with Gasteiger partial charge < -0.3 is 5.32 Å². The molecule has 2 aromatic rings. The minimum atomic E-state index is -0.561. The van der Waals surface area contributed by atoms with Crippen LogP contribution in [0, 0.1) is 6.92 Å². The molecule has 0 unspecified atom stereocenters. The van der Waals surface area contributed by atoms with E-state index >= 15 is 0 Å². The molecule has 0 atom stereocenters. The molecule has 1 N–H and O–H groups in total. The van der Waals surface area contributed by atoms with E-state index in [9.17, 15) is 4.79 Å². The Bertz CT molecular complexity index is 626. The highest BCUT2D eigenvalue weighted by Crippen LogP contribution is 2.26. The van der Waals surface area contributed by atoms with E-state index in [1.54, 1.807) is 0 Å². The highest BCUT2D eigenvalue weighted by atomic mass is 16.2. The number of hydrogen-bond donors (Lipinski definition) is 1. The van der Waals surface area contributed by atoms with Crippen molar-refractivity contribution in [2.75, 3.05) is 5.32 Å². The monoisotopic (exact) mass is 281 g/mol. The molecule has 0 aliphatic carbocycles. The Morgan fingerprint density at radius 3 is 2.29 bits per heavy atom. The maximum absolute atomic E-state index is 12.7. The highest BCUT2D eigenvalue weighted by Gasteiger charge is 2.30. The summed E-state index contributed by atoms with van der Waals surface area (Å²) in [5.74, 6) is 0.0206. The van der Waals surface area contributed by atoms with E-state index in [-0.39, 0.29) is 5.91 Å². The molecule has 0 fully saturated rings. The van der Waals surface area contributed by atoms with Crippen LogP contribution in [0.1, 0.15) is 37.5 Å². The van der Waals surface area contributed by atoms with Crippen molar-refractivity contribution >= 4 is 11.6 Å². The average Bonchev–Trinajstić information content (AvgIpc) is 2.48. The first-order valence-electron chi connectivity index (χ1n) is 7.41. The van der Waals surface area contributed by atoms with Gasteiger partial charge in [0.25, 0.3) is 0 Å². The van der Waals surface area contributed by atoms with Crippen LogP contribution < -0.4 is 5.32 Å². The fourth-order valence-corrected chi connectivity index (χ4v) is 2.33. The van der Waals surface area contributed by atoms with E-state index in [0.29, 0.717) is 0 Å². The van der Waals surface area contributed by atoms with Gasteiger partial charge in [0.15, 0.2) is 0 Å². The molecule has 0 aromatic heterocycles. The van der Waals surface area contributed by atoms with Crippen molar-refractivity contribution in [1.82, 2.24) is 0 Å². The number of para-hydroxylation sites is 1. The Balaban J connectivity index is 2.24. The molecular formula is C19H23NO. The summed E-state index contributed by atoms with van der Waals surface area (Å²) < 4.78 is 0. The van der Waals surface area contributed by atoms with Crippen LogP contribution in [0.4, 0.5) is 5.69 Å². The number of rotatable bonds is 4. The minimum Gasteiger partial charge on any atom is -0.325 e. The van der Waals surface area contributed by atoms with Gasteiger partial charge in [-0.05, 0) is 44.4 Å². The topological polar surface area (TPSA) is 29.1 Å². The molecule has 2 rings (SSSR count). The summed E-state index contributed by atoms with van der Waals surface area (Å²) in [6.07, 6.45) is 0.904. The second kappa shape index (κ2) is 6.13. The van der Waals surface area contributed by atoms with E-state index in [1.165, 1.54) is 5.56 Å². The molecule has 0 radical (unpaired) electrons. The van der Waals surface area contributed by atoms with Crippen LogP contribution in [0.25, 0.3) is 0 Å². The normalized spacial score (nSPS) is 11.2. The molecule has 2 heteroatoms. The van der Waals surface area contributed by atoms with Crippen LogP contribution in [-0.2, 0) is 16.6 Å². The van der Waals surface area contributed by atoms with Gasteiger partial charge in [-0.1, -0.05) is 55.0 Å². The summed E-state index contributed by atoms with van der Waals surface area (Å²) in [6.45, 7) is 8.06. The predicted molar refractivity (Wildman–Crippen MR) is 88.7 cm³/mol. The molecule has 0 heterocycles. The van der Waals surface area contributed by atoms with Gasteiger partial charge in [-0.3, -0.25) is 4.79 Å². The van der Waals surface area contributed by atoms with Crippen LogP contribution in [0.15, 0.2) is 48.5 Å². The number of carbonyl (C=O) groups excluding carboxylic acids is 1. The second-order valence-electron chi connectivity index (χ2n) is 5.96. The maximum atomic E-state index is 12.7.